The fourth-order valence-electron chi connectivity index (χ4n) is 5.15. The molecule has 0 radical (unpaired) electrons. The lowest BCUT2D eigenvalue weighted by molar-refractivity contribution is 0.0721. The summed E-state index contributed by atoms with van der Waals surface area (Å²) in [5, 5.41) is 0.104. The van der Waals surface area contributed by atoms with E-state index in [1.807, 2.05) is 31.2 Å². The van der Waals surface area contributed by atoms with Crippen molar-refractivity contribution in [3.8, 4) is 28.6 Å². The van der Waals surface area contributed by atoms with Gasteiger partial charge in [0.15, 0.2) is 12.2 Å². The number of ether oxygens (including phenoxy) is 1. The molecule has 2 N–H and O–H groups in total. The van der Waals surface area contributed by atoms with Crippen LogP contribution >= 0.6 is 11.6 Å². The van der Waals surface area contributed by atoms with Crippen LogP contribution in [0.15, 0.2) is 59.5 Å². The predicted octanol–water partition coefficient (Wildman–Crippen LogP) is 5.23. The molecule has 1 amide bonds. The van der Waals surface area contributed by atoms with Gasteiger partial charge in [-0.2, -0.15) is 0 Å². The first kappa shape index (κ1) is 28.5. The highest BCUT2D eigenvalue weighted by atomic mass is 35.5. The van der Waals surface area contributed by atoms with Crippen LogP contribution in [0, 0.1) is 5.82 Å². The number of pyridine rings is 2. The maximum atomic E-state index is 13.6. The van der Waals surface area contributed by atoms with Crippen molar-refractivity contribution < 1.29 is 18.3 Å². The molecule has 41 heavy (non-hydrogen) atoms. The monoisotopic (exact) mass is 578 g/mol. The molecule has 4 heterocycles. The minimum absolute atomic E-state index is 0.0171. The molecule has 1 aliphatic rings. The second-order valence-corrected chi connectivity index (χ2v) is 10.1. The van der Waals surface area contributed by atoms with Gasteiger partial charge in [-0.15, -0.1) is 0 Å². The Morgan fingerprint density at radius 1 is 1.20 bits per heavy atom. The van der Waals surface area contributed by atoms with Crippen LogP contribution in [-0.4, -0.2) is 64.6 Å². The van der Waals surface area contributed by atoms with Gasteiger partial charge in [0.05, 0.1) is 39.8 Å². The van der Waals surface area contributed by atoms with E-state index in [1.54, 1.807) is 11.1 Å². The van der Waals surface area contributed by atoms with Crippen LogP contribution in [0.5, 0.6) is 5.88 Å². The molecule has 11 heteroatoms. The molecule has 0 saturated carbocycles. The van der Waals surface area contributed by atoms with Crippen molar-refractivity contribution in [2.45, 2.75) is 32.7 Å². The van der Waals surface area contributed by atoms with E-state index in [0.29, 0.717) is 62.2 Å². The first-order chi connectivity index (χ1) is 19.9. The van der Waals surface area contributed by atoms with Crippen LogP contribution in [0.1, 0.15) is 36.3 Å². The molecule has 214 valence electrons. The Morgan fingerprint density at radius 2 is 2.05 bits per heavy atom. The second kappa shape index (κ2) is 12.7. The molecule has 0 aliphatic carbocycles. The van der Waals surface area contributed by atoms with Gasteiger partial charge >= 0.3 is 0 Å². The van der Waals surface area contributed by atoms with Crippen LogP contribution in [0.2, 0.25) is 5.02 Å². The number of benzene rings is 1. The molecule has 0 unspecified atom stereocenters. The summed E-state index contributed by atoms with van der Waals surface area (Å²) in [5.74, 6) is 0.356. The standard InChI is InChI=1S/C30H32ClFN6O3/c1-3-20-17-37(30(39)21-8-7-19(32)16-23(21)31)14-15-38(20)26-10-9-24(22-6-5-13-34-29(22)40-4-2)36-27(26)28-25(11-12-33)35-18-41-28/h5-10,13,16,18,20H,3-4,11-12,14-15,17,33H2,1-2H3/t20-/m1/s1. The fraction of sp³-hybridized carbons (Fsp3) is 0.333. The zero-order chi connectivity index (χ0) is 28.9. The zero-order valence-corrected chi connectivity index (χ0v) is 23.8. The maximum Gasteiger partial charge on any atom is 0.255 e. The summed E-state index contributed by atoms with van der Waals surface area (Å²) < 4.78 is 25.3. The van der Waals surface area contributed by atoms with Crippen LogP contribution in [-0.2, 0) is 6.42 Å². The molecular formula is C30H32ClFN6O3. The molecule has 5 rings (SSSR count). The lowest BCUT2D eigenvalue weighted by Gasteiger charge is -2.43. The molecule has 9 nitrogen and oxygen atoms in total. The lowest BCUT2D eigenvalue weighted by atomic mass is 10.0. The Hall–Kier alpha value is -4.02. The number of oxazole rings is 1. The second-order valence-electron chi connectivity index (χ2n) is 9.65. The molecule has 3 aromatic heterocycles. The number of nitrogens with zero attached hydrogens (tertiary/aromatic N) is 5. The predicted molar refractivity (Wildman–Crippen MR) is 156 cm³/mol. The number of rotatable bonds is 9. The molecule has 0 spiro atoms. The summed E-state index contributed by atoms with van der Waals surface area (Å²) >= 11 is 6.21. The van der Waals surface area contributed by atoms with E-state index in [2.05, 4.69) is 21.8 Å². The van der Waals surface area contributed by atoms with Crippen molar-refractivity contribution in [2.75, 3.05) is 37.7 Å². The lowest BCUT2D eigenvalue weighted by Crippen LogP contribution is -2.55. The van der Waals surface area contributed by atoms with Crippen molar-refractivity contribution in [2.24, 2.45) is 5.73 Å². The quantitative estimate of drug-likeness (QED) is 0.287. The fourth-order valence-corrected chi connectivity index (χ4v) is 5.40. The van der Waals surface area contributed by atoms with Gasteiger partial charge in [-0.3, -0.25) is 4.79 Å². The first-order valence-corrected chi connectivity index (χ1v) is 14.1. The molecule has 1 aliphatic heterocycles. The average molecular weight is 579 g/mol. The normalized spacial score (nSPS) is 15.3. The Bertz CT molecular complexity index is 1530. The number of hydrogen-bond donors (Lipinski definition) is 1. The van der Waals surface area contributed by atoms with Crippen molar-refractivity contribution in [3.05, 3.63) is 77.2 Å². The third kappa shape index (κ3) is 5.89. The van der Waals surface area contributed by atoms with Gasteiger partial charge in [0.25, 0.3) is 5.91 Å². The number of nitrogens with two attached hydrogens (primary N) is 1. The van der Waals surface area contributed by atoms with Gasteiger partial charge in [-0.05, 0) is 62.4 Å². The van der Waals surface area contributed by atoms with E-state index < -0.39 is 5.82 Å². The molecule has 1 aromatic carbocycles. The van der Waals surface area contributed by atoms with E-state index in [0.717, 1.165) is 29.4 Å². The van der Waals surface area contributed by atoms with Crippen LogP contribution in [0.25, 0.3) is 22.7 Å². The van der Waals surface area contributed by atoms with Gasteiger partial charge in [-0.1, -0.05) is 18.5 Å². The van der Waals surface area contributed by atoms with Crippen molar-refractivity contribution in [1.82, 2.24) is 19.9 Å². The summed E-state index contributed by atoms with van der Waals surface area (Å²) in [7, 11) is 0. The molecule has 1 saturated heterocycles. The summed E-state index contributed by atoms with van der Waals surface area (Å²) in [6.45, 7) is 6.34. The number of amides is 1. The number of piperazine rings is 1. The molecule has 1 atom stereocenters. The topological polar surface area (TPSA) is 111 Å². The summed E-state index contributed by atoms with van der Waals surface area (Å²) in [5.41, 5.74) is 9.83. The Labute approximate surface area is 243 Å². The van der Waals surface area contributed by atoms with E-state index in [1.165, 1.54) is 18.5 Å². The highest BCUT2D eigenvalue weighted by molar-refractivity contribution is 6.33. The van der Waals surface area contributed by atoms with Crippen molar-refractivity contribution in [1.29, 1.82) is 0 Å². The third-order valence-electron chi connectivity index (χ3n) is 7.15. The highest BCUT2D eigenvalue weighted by Gasteiger charge is 2.33. The van der Waals surface area contributed by atoms with Gasteiger partial charge in [0, 0.05) is 38.3 Å². The van der Waals surface area contributed by atoms with Gasteiger partial charge < -0.3 is 24.7 Å². The smallest absolute Gasteiger partial charge is 0.255 e. The summed E-state index contributed by atoms with van der Waals surface area (Å²) in [4.78, 5) is 31.2. The van der Waals surface area contributed by atoms with E-state index in [9.17, 15) is 9.18 Å². The number of hydrogen-bond acceptors (Lipinski definition) is 8. The van der Waals surface area contributed by atoms with Crippen LogP contribution in [0.4, 0.5) is 10.1 Å². The Kier molecular flexibility index (Phi) is 8.80. The maximum absolute atomic E-state index is 13.6. The van der Waals surface area contributed by atoms with Gasteiger partial charge in [0.2, 0.25) is 5.88 Å². The summed E-state index contributed by atoms with van der Waals surface area (Å²) in [6, 6.07) is 11.6. The Balaban J connectivity index is 1.52. The number of aromatic nitrogens is 3. The Morgan fingerprint density at radius 3 is 2.80 bits per heavy atom. The first-order valence-electron chi connectivity index (χ1n) is 13.7. The molecule has 1 fully saturated rings. The van der Waals surface area contributed by atoms with Gasteiger partial charge in [-0.25, -0.2) is 19.3 Å². The SMILES string of the molecule is CCOc1ncccc1-c1ccc(N2CCN(C(=O)c3ccc(F)cc3Cl)C[C@H]2CC)c(-c2ocnc2CCN)n1. The van der Waals surface area contributed by atoms with E-state index in [-0.39, 0.29) is 22.5 Å². The largest absolute Gasteiger partial charge is 0.477 e. The molecule has 0 bridgehead atoms. The van der Waals surface area contributed by atoms with Crippen LogP contribution in [0.3, 0.4) is 0 Å². The minimum Gasteiger partial charge on any atom is -0.477 e. The third-order valence-corrected chi connectivity index (χ3v) is 7.46. The van der Waals surface area contributed by atoms with Gasteiger partial charge in [0.1, 0.15) is 11.5 Å². The molecular weight excluding hydrogens is 547 g/mol. The van der Waals surface area contributed by atoms with Crippen LogP contribution < -0.4 is 15.4 Å². The van der Waals surface area contributed by atoms with E-state index >= 15 is 0 Å². The van der Waals surface area contributed by atoms with Crippen molar-refractivity contribution in [3.63, 3.8) is 0 Å². The average Bonchev–Trinajstić information content (AvgIpc) is 3.45. The minimum atomic E-state index is -0.479. The number of carbonyl (C=O) groups excluding carboxylic acids is 1. The van der Waals surface area contributed by atoms with Crippen molar-refractivity contribution >= 4 is 23.2 Å². The zero-order valence-electron chi connectivity index (χ0n) is 23.0. The summed E-state index contributed by atoms with van der Waals surface area (Å²) in [6.07, 6.45) is 4.40. The number of anilines is 1. The number of carbonyl (C=O) groups is 1. The molecule has 4 aromatic rings. The van der Waals surface area contributed by atoms with E-state index in [4.69, 9.17) is 31.5 Å². The highest BCUT2D eigenvalue weighted by Crippen LogP contribution is 2.38. The number of halogens is 2.